The van der Waals surface area contributed by atoms with Crippen LogP contribution in [0.25, 0.3) is 55.1 Å². The van der Waals surface area contributed by atoms with E-state index >= 15 is 0 Å². The van der Waals surface area contributed by atoms with Gasteiger partial charge >= 0.3 is 7.12 Å². The number of fused-ring (bicyclic) bond motifs is 4. The number of para-hydroxylation sites is 1. The second-order valence-electron chi connectivity index (χ2n) is 11.3. The van der Waals surface area contributed by atoms with Crippen LogP contribution >= 0.6 is 0 Å². The topological polar surface area (TPSA) is 44.2 Å². The third-order valence-corrected chi connectivity index (χ3v) is 8.32. The molecule has 0 amide bonds. The Kier molecular flexibility index (Phi) is 5.38. The monoisotopic (exact) mass is 508 g/mol. The summed E-state index contributed by atoms with van der Waals surface area (Å²) in [5, 5.41) is 5.88. The van der Waals surface area contributed by atoms with Crippen molar-refractivity contribution in [3.8, 4) is 22.6 Å². The van der Waals surface area contributed by atoms with E-state index in [-0.39, 0.29) is 11.2 Å². The van der Waals surface area contributed by atoms with Gasteiger partial charge in [0.25, 0.3) is 0 Å². The Bertz CT molecular complexity index is 1860. The second-order valence-corrected chi connectivity index (χ2v) is 11.3. The molecule has 39 heavy (non-hydrogen) atoms. The molecular formula is C34H29BN2O2. The number of hydrogen-bond acceptors (Lipinski definition) is 4. The predicted octanol–water partition coefficient (Wildman–Crippen LogP) is 7.57. The quantitative estimate of drug-likeness (QED) is 0.183. The zero-order valence-corrected chi connectivity index (χ0v) is 22.6. The lowest BCUT2D eigenvalue weighted by atomic mass is 9.79. The summed E-state index contributed by atoms with van der Waals surface area (Å²) in [6, 6.07) is 35.9. The van der Waals surface area contributed by atoms with E-state index in [4.69, 9.17) is 19.3 Å². The molecule has 1 aromatic heterocycles. The highest BCUT2D eigenvalue weighted by Gasteiger charge is 2.51. The Hall–Kier alpha value is -4.06. The van der Waals surface area contributed by atoms with E-state index in [1.165, 1.54) is 21.5 Å². The smallest absolute Gasteiger partial charge is 0.399 e. The molecule has 5 heteroatoms. The molecule has 7 rings (SSSR count). The SMILES string of the molecule is CC1(C)OB(c2ccc(-c3nc(-c4cc5ccccc5c5ccccc45)c4ccccc4n3)cc2)OC1(C)C. The van der Waals surface area contributed by atoms with Crippen molar-refractivity contribution in [1.29, 1.82) is 0 Å². The van der Waals surface area contributed by atoms with Crippen molar-refractivity contribution in [2.24, 2.45) is 0 Å². The van der Waals surface area contributed by atoms with Crippen molar-refractivity contribution in [1.82, 2.24) is 9.97 Å². The molecule has 0 unspecified atom stereocenters. The van der Waals surface area contributed by atoms with Gasteiger partial charge in [-0.15, -0.1) is 0 Å². The first-order valence-corrected chi connectivity index (χ1v) is 13.4. The Morgan fingerprint density at radius 2 is 1.18 bits per heavy atom. The number of nitrogens with zero attached hydrogens (tertiary/aromatic N) is 2. The number of benzene rings is 5. The minimum atomic E-state index is -0.402. The Morgan fingerprint density at radius 3 is 1.90 bits per heavy atom. The summed E-state index contributed by atoms with van der Waals surface area (Å²) in [4.78, 5) is 10.2. The summed E-state index contributed by atoms with van der Waals surface area (Å²) in [6.07, 6.45) is 0. The van der Waals surface area contributed by atoms with Crippen LogP contribution in [-0.2, 0) is 9.31 Å². The van der Waals surface area contributed by atoms with Gasteiger partial charge in [0.1, 0.15) is 0 Å². The highest BCUT2D eigenvalue weighted by Crippen LogP contribution is 2.38. The number of rotatable bonds is 3. The van der Waals surface area contributed by atoms with Gasteiger partial charge in [-0.05, 0) is 66.8 Å². The van der Waals surface area contributed by atoms with Gasteiger partial charge in [-0.25, -0.2) is 9.97 Å². The molecule has 2 heterocycles. The molecule has 190 valence electrons. The van der Waals surface area contributed by atoms with E-state index in [1.54, 1.807) is 0 Å². The second kappa shape index (κ2) is 8.73. The first-order valence-electron chi connectivity index (χ1n) is 13.4. The third-order valence-electron chi connectivity index (χ3n) is 8.32. The van der Waals surface area contributed by atoms with Crippen molar-refractivity contribution in [2.75, 3.05) is 0 Å². The molecule has 5 aromatic carbocycles. The van der Waals surface area contributed by atoms with Gasteiger partial charge < -0.3 is 9.31 Å². The van der Waals surface area contributed by atoms with Crippen LogP contribution < -0.4 is 5.46 Å². The average molecular weight is 508 g/mol. The van der Waals surface area contributed by atoms with E-state index in [0.717, 1.165) is 33.2 Å². The summed E-state index contributed by atoms with van der Waals surface area (Å²) < 4.78 is 12.5. The van der Waals surface area contributed by atoms with Crippen molar-refractivity contribution < 1.29 is 9.31 Å². The van der Waals surface area contributed by atoms with Crippen LogP contribution in [0.1, 0.15) is 27.7 Å². The summed E-state index contributed by atoms with van der Waals surface area (Å²) in [6.45, 7) is 8.29. The zero-order chi connectivity index (χ0) is 26.8. The molecular weight excluding hydrogens is 479 g/mol. The molecule has 1 aliphatic heterocycles. The van der Waals surface area contributed by atoms with Gasteiger partial charge in [-0.3, -0.25) is 0 Å². The van der Waals surface area contributed by atoms with Crippen molar-refractivity contribution >= 4 is 45.0 Å². The minimum absolute atomic E-state index is 0.380. The molecule has 0 bridgehead atoms. The molecule has 0 N–H and O–H groups in total. The third kappa shape index (κ3) is 3.92. The van der Waals surface area contributed by atoms with Gasteiger partial charge in [0.2, 0.25) is 0 Å². The van der Waals surface area contributed by atoms with Crippen molar-refractivity contribution in [2.45, 2.75) is 38.9 Å². The van der Waals surface area contributed by atoms with E-state index in [0.29, 0.717) is 5.82 Å². The molecule has 0 radical (unpaired) electrons. The lowest BCUT2D eigenvalue weighted by Gasteiger charge is -2.32. The normalized spacial score (nSPS) is 16.4. The van der Waals surface area contributed by atoms with Crippen molar-refractivity contribution in [3.05, 3.63) is 103 Å². The largest absolute Gasteiger partial charge is 0.494 e. The minimum Gasteiger partial charge on any atom is -0.399 e. The molecule has 0 spiro atoms. The molecule has 0 aliphatic carbocycles. The molecule has 4 nitrogen and oxygen atoms in total. The number of aromatic nitrogens is 2. The molecule has 1 fully saturated rings. The van der Waals surface area contributed by atoms with E-state index < -0.39 is 7.12 Å². The first-order chi connectivity index (χ1) is 18.8. The van der Waals surface area contributed by atoms with Gasteiger partial charge in [0, 0.05) is 16.5 Å². The van der Waals surface area contributed by atoms with Gasteiger partial charge in [-0.2, -0.15) is 0 Å². The molecule has 0 saturated carbocycles. The standard InChI is InChI=1S/C34H29BN2O2/c1-33(2)34(3,4)39-35(38-33)24-19-17-22(18-20-24)32-36-30-16-10-9-15-28(30)31(37-32)29-21-23-11-5-6-12-25(23)26-13-7-8-14-27(26)29/h5-21H,1-4H3. The zero-order valence-electron chi connectivity index (χ0n) is 22.6. The fourth-order valence-electron chi connectivity index (χ4n) is 5.43. The fraction of sp³-hybridized carbons (Fsp3) is 0.176. The predicted molar refractivity (Wildman–Crippen MR) is 161 cm³/mol. The van der Waals surface area contributed by atoms with Crippen molar-refractivity contribution in [3.63, 3.8) is 0 Å². The number of hydrogen-bond donors (Lipinski definition) is 0. The van der Waals surface area contributed by atoms with Gasteiger partial charge in [-0.1, -0.05) is 91.0 Å². The lowest BCUT2D eigenvalue weighted by molar-refractivity contribution is 0.00578. The summed E-state index contributed by atoms with van der Waals surface area (Å²) in [5.41, 5.74) is 4.15. The van der Waals surface area contributed by atoms with E-state index in [2.05, 4.69) is 125 Å². The molecule has 1 aliphatic rings. The van der Waals surface area contributed by atoms with E-state index in [1.807, 2.05) is 6.07 Å². The highest BCUT2D eigenvalue weighted by molar-refractivity contribution is 6.62. The van der Waals surface area contributed by atoms with Crippen LogP contribution in [0.15, 0.2) is 103 Å². The first kappa shape index (κ1) is 24.0. The van der Waals surface area contributed by atoms with Crippen LogP contribution in [0, 0.1) is 0 Å². The van der Waals surface area contributed by atoms with Crippen LogP contribution in [0.2, 0.25) is 0 Å². The summed E-state index contributed by atoms with van der Waals surface area (Å²) in [5.74, 6) is 0.696. The molecule has 6 aromatic rings. The van der Waals surface area contributed by atoms with Crippen LogP contribution in [0.4, 0.5) is 0 Å². The summed E-state index contributed by atoms with van der Waals surface area (Å²) in [7, 11) is -0.402. The van der Waals surface area contributed by atoms with Gasteiger partial charge in [0.05, 0.1) is 22.4 Å². The van der Waals surface area contributed by atoms with Gasteiger partial charge in [0.15, 0.2) is 5.82 Å². The van der Waals surface area contributed by atoms with Crippen LogP contribution in [0.3, 0.4) is 0 Å². The fourth-order valence-corrected chi connectivity index (χ4v) is 5.43. The maximum atomic E-state index is 6.25. The Morgan fingerprint density at radius 1 is 0.590 bits per heavy atom. The maximum Gasteiger partial charge on any atom is 0.494 e. The van der Waals surface area contributed by atoms with E-state index in [9.17, 15) is 0 Å². The van der Waals surface area contributed by atoms with Crippen LogP contribution in [-0.4, -0.2) is 28.3 Å². The maximum absolute atomic E-state index is 6.25. The highest BCUT2D eigenvalue weighted by atomic mass is 16.7. The van der Waals surface area contributed by atoms with Crippen LogP contribution in [0.5, 0.6) is 0 Å². The molecule has 1 saturated heterocycles. The Labute approximate surface area is 228 Å². The molecule has 0 atom stereocenters. The average Bonchev–Trinajstić information content (AvgIpc) is 3.18. The Balaban J connectivity index is 1.38. The lowest BCUT2D eigenvalue weighted by Crippen LogP contribution is -2.41. The summed E-state index contributed by atoms with van der Waals surface area (Å²) >= 11 is 0.